The highest BCUT2D eigenvalue weighted by Gasteiger charge is 2.51. The Morgan fingerprint density at radius 1 is 0.950 bits per heavy atom. The van der Waals surface area contributed by atoms with Gasteiger partial charge in [-0.1, -0.05) is 0 Å². The topological polar surface area (TPSA) is 30.9 Å². The van der Waals surface area contributed by atoms with E-state index >= 15 is 0 Å². The van der Waals surface area contributed by atoms with Gasteiger partial charge in [-0.25, -0.2) is 0 Å². The molecule has 0 radical (unpaired) electrons. The van der Waals surface area contributed by atoms with Gasteiger partial charge >= 0.3 is 0 Å². The first-order valence-electron chi connectivity index (χ1n) is 8.11. The number of ether oxygens (including phenoxy) is 3. The first-order chi connectivity index (χ1) is 9.74. The Kier molecular flexibility index (Phi) is 6.75. The Morgan fingerprint density at radius 2 is 1.55 bits per heavy atom. The maximum Gasteiger partial charge on any atom is 0.0587 e. The van der Waals surface area contributed by atoms with Crippen molar-refractivity contribution in [2.24, 2.45) is 5.41 Å². The predicted molar refractivity (Wildman–Crippen MR) is 80.1 cm³/mol. The lowest BCUT2D eigenvalue weighted by atomic mass is 9.62. The third-order valence-electron chi connectivity index (χ3n) is 4.46. The second-order valence-corrected chi connectivity index (χ2v) is 6.59. The van der Waals surface area contributed by atoms with E-state index in [1.165, 1.54) is 25.9 Å². The number of likely N-dealkylation sites (tertiary alicyclic amines) is 1. The summed E-state index contributed by atoms with van der Waals surface area (Å²) in [5.41, 5.74) is 0.644. The van der Waals surface area contributed by atoms with Crippen molar-refractivity contribution < 1.29 is 14.2 Å². The summed E-state index contributed by atoms with van der Waals surface area (Å²) in [6.45, 7) is 6.05. The van der Waals surface area contributed by atoms with E-state index in [-0.39, 0.29) is 0 Å². The highest BCUT2D eigenvalue weighted by molar-refractivity contribution is 5.04. The highest BCUT2D eigenvalue weighted by atomic mass is 16.5. The zero-order valence-electron chi connectivity index (χ0n) is 13.2. The van der Waals surface area contributed by atoms with Crippen molar-refractivity contribution in [3.63, 3.8) is 0 Å². The van der Waals surface area contributed by atoms with Crippen molar-refractivity contribution in [2.45, 2.75) is 44.6 Å². The number of unbranched alkanes of at least 4 members (excludes halogenated alkanes) is 2. The molecule has 0 unspecified atom stereocenters. The number of hydrogen-bond donors (Lipinski definition) is 0. The van der Waals surface area contributed by atoms with Gasteiger partial charge in [-0.05, 0) is 45.6 Å². The van der Waals surface area contributed by atoms with Gasteiger partial charge in [0.05, 0.1) is 6.10 Å². The van der Waals surface area contributed by atoms with Gasteiger partial charge in [0, 0.05) is 52.0 Å². The second kappa shape index (κ2) is 8.32. The highest BCUT2D eigenvalue weighted by Crippen LogP contribution is 2.48. The molecule has 118 valence electrons. The van der Waals surface area contributed by atoms with Crippen LogP contribution < -0.4 is 0 Å². The van der Waals surface area contributed by atoms with E-state index in [1.807, 2.05) is 0 Å². The minimum Gasteiger partial charge on any atom is -0.385 e. The maximum absolute atomic E-state index is 5.91. The first-order valence-corrected chi connectivity index (χ1v) is 8.11. The van der Waals surface area contributed by atoms with E-state index in [0.717, 1.165) is 52.1 Å². The van der Waals surface area contributed by atoms with E-state index in [0.29, 0.717) is 11.5 Å². The average Bonchev–Trinajstić information content (AvgIpc) is 2.36. The average molecular weight is 285 g/mol. The zero-order chi connectivity index (χ0) is 14.3. The van der Waals surface area contributed by atoms with E-state index in [1.54, 1.807) is 7.11 Å². The van der Waals surface area contributed by atoms with E-state index < -0.39 is 0 Å². The molecule has 1 saturated carbocycles. The Hall–Kier alpha value is -0.160. The molecule has 0 aromatic heterocycles. The molecule has 0 N–H and O–H groups in total. The van der Waals surface area contributed by atoms with Gasteiger partial charge in [-0.15, -0.1) is 0 Å². The molecule has 2 rings (SSSR count). The van der Waals surface area contributed by atoms with Crippen LogP contribution in [0.5, 0.6) is 0 Å². The van der Waals surface area contributed by atoms with E-state index in [2.05, 4.69) is 11.9 Å². The molecule has 0 atom stereocenters. The summed E-state index contributed by atoms with van der Waals surface area (Å²) < 4.78 is 16.5. The summed E-state index contributed by atoms with van der Waals surface area (Å²) in [5.74, 6) is 0. The molecule has 4 nitrogen and oxygen atoms in total. The SMILES string of the molecule is COCCCCOCCCCOC1CC2(C1)CN(C)C2. The van der Waals surface area contributed by atoms with Crippen molar-refractivity contribution in [3.8, 4) is 0 Å². The number of nitrogens with zero attached hydrogens (tertiary/aromatic N) is 1. The van der Waals surface area contributed by atoms with Gasteiger partial charge in [-0.3, -0.25) is 0 Å². The molecular formula is C16H31NO3. The lowest BCUT2D eigenvalue weighted by Crippen LogP contribution is -2.62. The molecule has 4 heteroatoms. The molecule has 1 spiro atoms. The van der Waals surface area contributed by atoms with Gasteiger partial charge in [0.15, 0.2) is 0 Å². The summed E-state index contributed by atoms with van der Waals surface area (Å²) in [6.07, 6.45) is 7.55. The number of hydrogen-bond acceptors (Lipinski definition) is 4. The molecular weight excluding hydrogens is 254 g/mol. The van der Waals surface area contributed by atoms with E-state index in [9.17, 15) is 0 Å². The summed E-state index contributed by atoms with van der Waals surface area (Å²) >= 11 is 0. The molecule has 20 heavy (non-hydrogen) atoms. The fraction of sp³-hybridized carbons (Fsp3) is 1.00. The van der Waals surface area contributed by atoms with Gasteiger partial charge in [0.2, 0.25) is 0 Å². The van der Waals surface area contributed by atoms with Crippen molar-refractivity contribution in [2.75, 3.05) is 53.7 Å². The lowest BCUT2D eigenvalue weighted by Gasteiger charge is -2.58. The van der Waals surface area contributed by atoms with Crippen LogP contribution in [-0.2, 0) is 14.2 Å². The molecule has 2 fully saturated rings. The Morgan fingerprint density at radius 3 is 2.15 bits per heavy atom. The van der Waals surface area contributed by atoms with Crippen LogP contribution in [-0.4, -0.2) is 64.7 Å². The summed E-state index contributed by atoms with van der Waals surface area (Å²) in [5, 5.41) is 0. The molecule has 0 bridgehead atoms. The van der Waals surface area contributed by atoms with Crippen molar-refractivity contribution in [1.29, 1.82) is 0 Å². The fourth-order valence-corrected chi connectivity index (χ4v) is 3.49. The van der Waals surface area contributed by atoms with Crippen LogP contribution in [0, 0.1) is 5.41 Å². The first kappa shape index (κ1) is 16.2. The molecule has 0 aromatic rings. The Balaban J connectivity index is 1.30. The van der Waals surface area contributed by atoms with Crippen molar-refractivity contribution in [1.82, 2.24) is 4.90 Å². The molecule has 2 aliphatic rings. The lowest BCUT2D eigenvalue weighted by molar-refractivity contribution is -0.144. The normalized spacial score (nSPS) is 21.9. The van der Waals surface area contributed by atoms with Gasteiger partial charge < -0.3 is 19.1 Å². The van der Waals surface area contributed by atoms with Crippen LogP contribution in [0.3, 0.4) is 0 Å². The minimum absolute atomic E-state index is 0.540. The molecule has 1 aliphatic heterocycles. The molecule has 1 aliphatic carbocycles. The van der Waals surface area contributed by atoms with Crippen molar-refractivity contribution in [3.05, 3.63) is 0 Å². The van der Waals surface area contributed by atoms with Crippen LogP contribution >= 0.6 is 0 Å². The van der Waals surface area contributed by atoms with Crippen LogP contribution in [0.2, 0.25) is 0 Å². The predicted octanol–water partition coefficient (Wildman–Crippen LogP) is 2.32. The molecule has 0 aromatic carbocycles. The molecule has 1 heterocycles. The number of methoxy groups -OCH3 is 1. The van der Waals surface area contributed by atoms with Crippen LogP contribution in [0.4, 0.5) is 0 Å². The number of rotatable bonds is 11. The summed E-state index contributed by atoms with van der Waals surface area (Å²) in [7, 11) is 3.95. The Labute approximate surface area is 123 Å². The van der Waals surface area contributed by atoms with Crippen LogP contribution in [0.15, 0.2) is 0 Å². The quantitative estimate of drug-likeness (QED) is 0.545. The largest absolute Gasteiger partial charge is 0.385 e. The van der Waals surface area contributed by atoms with Gasteiger partial charge in [0.1, 0.15) is 0 Å². The second-order valence-electron chi connectivity index (χ2n) is 6.59. The smallest absolute Gasteiger partial charge is 0.0587 e. The van der Waals surface area contributed by atoms with E-state index in [4.69, 9.17) is 14.2 Å². The monoisotopic (exact) mass is 285 g/mol. The zero-order valence-corrected chi connectivity index (χ0v) is 13.2. The summed E-state index contributed by atoms with van der Waals surface area (Å²) in [4.78, 5) is 2.40. The van der Waals surface area contributed by atoms with Gasteiger partial charge in [-0.2, -0.15) is 0 Å². The third kappa shape index (κ3) is 4.99. The van der Waals surface area contributed by atoms with Gasteiger partial charge in [0.25, 0.3) is 0 Å². The maximum atomic E-state index is 5.91. The summed E-state index contributed by atoms with van der Waals surface area (Å²) in [6, 6.07) is 0. The fourth-order valence-electron chi connectivity index (χ4n) is 3.49. The third-order valence-corrected chi connectivity index (χ3v) is 4.46. The molecule has 0 amide bonds. The standard InChI is InChI=1S/C16H31NO3/c1-17-13-16(14-17)11-15(12-16)20-10-6-5-9-19-8-4-3-7-18-2/h15H,3-14H2,1-2H3. The minimum atomic E-state index is 0.540. The van der Waals surface area contributed by atoms with Crippen molar-refractivity contribution >= 4 is 0 Å². The Bertz CT molecular complexity index is 258. The van der Waals surface area contributed by atoms with Crippen LogP contribution in [0.25, 0.3) is 0 Å². The van der Waals surface area contributed by atoms with Crippen LogP contribution in [0.1, 0.15) is 38.5 Å². The molecule has 1 saturated heterocycles.